The summed E-state index contributed by atoms with van der Waals surface area (Å²) in [5, 5.41) is 9.62. The highest BCUT2D eigenvalue weighted by Crippen LogP contribution is 2.33. The summed E-state index contributed by atoms with van der Waals surface area (Å²) in [6, 6.07) is 1.01. The van der Waals surface area contributed by atoms with Gasteiger partial charge in [0, 0.05) is 12.3 Å². The molecule has 0 bridgehead atoms. The number of nitrogens with zero attached hydrogens (tertiary/aromatic N) is 1. The highest BCUT2D eigenvalue weighted by Gasteiger charge is 2.45. The summed E-state index contributed by atoms with van der Waals surface area (Å²) in [6.45, 7) is -0.450. The molecule has 20 heavy (non-hydrogen) atoms. The molecule has 0 radical (unpaired) electrons. The van der Waals surface area contributed by atoms with Crippen molar-refractivity contribution in [2.45, 2.75) is 24.6 Å². The fraction of sp³-hybridized carbons (Fsp3) is 0.556. The van der Waals surface area contributed by atoms with Crippen LogP contribution in [0.5, 0.6) is 0 Å². The van der Waals surface area contributed by atoms with Gasteiger partial charge < -0.3 is 24.2 Å². The quantitative estimate of drug-likeness (QED) is 0.490. The number of hydrogen-bond donors (Lipinski definition) is 4. The van der Waals surface area contributed by atoms with Crippen molar-refractivity contribution >= 4 is 8.60 Å². The number of aromatic nitrogens is 2. The van der Waals surface area contributed by atoms with Crippen LogP contribution in [0.1, 0.15) is 6.23 Å². The van der Waals surface area contributed by atoms with Crippen molar-refractivity contribution < 1.29 is 28.5 Å². The van der Waals surface area contributed by atoms with Crippen LogP contribution >= 0.6 is 8.60 Å². The maximum absolute atomic E-state index is 13.9. The number of aliphatic hydroxyl groups excluding tert-OH is 1. The van der Waals surface area contributed by atoms with Gasteiger partial charge in [-0.05, 0) is 0 Å². The molecule has 11 heteroatoms. The SMILES string of the molecule is O=c1ccn([C@H]2O[C@@H](COP(O)O)[C@H](O)[C@@H]2F)c(=O)[nH]1. The van der Waals surface area contributed by atoms with Crippen molar-refractivity contribution in [3.63, 3.8) is 0 Å². The van der Waals surface area contributed by atoms with Gasteiger partial charge in [0.25, 0.3) is 5.56 Å². The first-order valence-corrected chi connectivity index (χ1v) is 6.66. The average Bonchev–Trinajstić information content (AvgIpc) is 2.64. The minimum atomic E-state index is -2.66. The van der Waals surface area contributed by atoms with E-state index in [9.17, 15) is 19.1 Å². The zero-order chi connectivity index (χ0) is 14.9. The number of alkyl halides is 1. The fourth-order valence-electron chi connectivity index (χ4n) is 1.83. The van der Waals surface area contributed by atoms with Crippen LogP contribution in [0.3, 0.4) is 0 Å². The number of aromatic amines is 1. The predicted octanol–water partition coefficient (Wildman–Crippen LogP) is -1.64. The second-order valence-electron chi connectivity index (χ2n) is 4.07. The molecule has 2 rings (SSSR count). The van der Waals surface area contributed by atoms with Crippen molar-refractivity contribution in [2.75, 3.05) is 6.61 Å². The van der Waals surface area contributed by atoms with Gasteiger partial charge in [-0.25, -0.2) is 9.18 Å². The Labute approximate surface area is 112 Å². The summed E-state index contributed by atoms with van der Waals surface area (Å²) in [7, 11) is -2.66. The number of halogens is 1. The van der Waals surface area contributed by atoms with Crippen molar-refractivity contribution in [3.05, 3.63) is 33.1 Å². The Morgan fingerprint density at radius 3 is 2.80 bits per heavy atom. The van der Waals surface area contributed by atoms with E-state index >= 15 is 0 Å². The molecule has 1 aromatic heterocycles. The highest BCUT2D eigenvalue weighted by molar-refractivity contribution is 7.39. The van der Waals surface area contributed by atoms with E-state index in [1.165, 1.54) is 0 Å². The smallest absolute Gasteiger partial charge is 0.330 e. The lowest BCUT2D eigenvalue weighted by Crippen LogP contribution is -2.35. The molecule has 1 aliphatic heterocycles. The molecule has 0 aliphatic carbocycles. The van der Waals surface area contributed by atoms with Crippen molar-refractivity contribution in [1.29, 1.82) is 0 Å². The second kappa shape index (κ2) is 6.08. The van der Waals surface area contributed by atoms with Crippen LogP contribution in [-0.4, -0.2) is 49.4 Å². The summed E-state index contributed by atoms with van der Waals surface area (Å²) in [5.41, 5.74) is -1.53. The van der Waals surface area contributed by atoms with Crippen LogP contribution in [-0.2, 0) is 9.26 Å². The average molecular weight is 310 g/mol. The van der Waals surface area contributed by atoms with Crippen LogP contribution in [0.15, 0.2) is 21.9 Å². The Hall–Kier alpha value is -1.16. The summed E-state index contributed by atoms with van der Waals surface area (Å²) in [5.74, 6) is 0. The first-order valence-electron chi connectivity index (χ1n) is 5.50. The largest absolute Gasteiger partial charge is 0.387 e. The molecule has 0 unspecified atom stereocenters. The molecular weight excluding hydrogens is 298 g/mol. The molecule has 9 nitrogen and oxygen atoms in total. The van der Waals surface area contributed by atoms with Gasteiger partial charge >= 0.3 is 14.3 Å². The molecule has 1 aliphatic rings. The van der Waals surface area contributed by atoms with Crippen LogP contribution in [0, 0.1) is 0 Å². The Morgan fingerprint density at radius 1 is 1.50 bits per heavy atom. The van der Waals surface area contributed by atoms with E-state index in [-0.39, 0.29) is 0 Å². The molecule has 1 fully saturated rings. The van der Waals surface area contributed by atoms with E-state index in [4.69, 9.17) is 14.5 Å². The Morgan fingerprint density at radius 2 is 2.20 bits per heavy atom. The molecule has 0 aromatic carbocycles. The number of hydrogen-bond acceptors (Lipinski definition) is 7. The molecule has 1 saturated heterocycles. The standard InChI is InChI=1S/C9H12FN2O7P/c10-6-7(14)4(3-18-20(16)17)19-8(6)12-2-1-5(13)11-9(12)15/h1-2,4,6-8,14,16-17H,3H2,(H,11,13,15)/t4-,6-,7-,8-/m0/s1. The van der Waals surface area contributed by atoms with Crippen molar-refractivity contribution in [1.82, 2.24) is 9.55 Å². The maximum Gasteiger partial charge on any atom is 0.330 e. The lowest BCUT2D eigenvalue weighted by Gasteiger charge is -2.15. The number of ether oxygens (including phenoxy) is 1. The third-order valence-corrected chi connectivity index (χ3v) is 3.15. The number of aliphatic hydroxyl groups is 1. The van der Waals surface area contributed by atoms with Crippen LogP contribution < -0.4 is 11.2 Å². The second-order valence-corrected chi connectivity index (χ2v) is 4.83. The molecule has 0 amide bonds. The summed E-state index contributed by atoms with van der Waals surface area (Å²) in [6.07, 6.45) is -5.10. The van der Waals surface area contributed by atoms with E-state index in [2.05, 4.69) is 4.52 Å². The van der Waals surface area contributed by atoms with Gasteiger partial charge in [-0.3, -0.25) is 14.3 Å². The molecule has 0 saturated carbocycles. The Bertz CT molecular complexity index is 576. The van der Waals surface area contributed by atoms with Crippen LogP contribution in [0.2, 0.25) is 0 Å². The van der Waals surface area contributed by atoms with Crippen molar-refractivity contribution in [2.24, 2.45) is 0 Å². The van der Waals surface area contributed by atoms with Crippen LogP contribution in [0.4, 0.5) is 4.39 Å². The lowest BCUT2D eigenvalue weighted by atomic mass is 10.1. The van der Waals surface area contributed by atoms with Gasteiger partial charge in [0.1, 0.15) is 12.2 Å². The van der Waals surface area contributed by atoms with Gasteiger partial charge in [-0.1, -0.05) is 0 Å². The Balaban J connectivity index is 2.17. The topological polar surface area (TPSA) is 134 Å². The summed E-state index contributed by atoms with van der Waals surface area (Å²) >= 11 is 0. The van der Waals surface area contributed by atoms with E-state index in [0.29, 0.717) is 0 Å². The van der Waals surface area contributed by atoms with Crippen LogP contribution in [0.25, 0.3) is 0 Å². The van der Waals surface area contributed by atoms with Gasteiger partial charge in [0.15, 0.2) is 12.4 Å². The van der Waals surface area contributed by atoms with Crippen molar-refractivity contribution in [3.8, 4) is 0 Å². The molecule has 4 N–H and O–H groups in total. The number of H-pyrrole nitrogens is 1. The molecule has 112 valence electrons. The van der Waals surface area contributed by atoms with Gasteiger partial charge in [0.2, 0.25) is 0 Å². The van der Waals surface area contributed by atoms with Gasteiger partial charge in [0.05, 0.1) is 6.61 Å². The van der Waals surface area contributed by atoms with Gasteiger partial charge in [-0.15, -0.1) is 0 Å². The molecule has 4 atom stereocenters. The maximum atomic E-state index is 13.9. The normalized spacial score (nSPS) is 30.1. The lowest BCUT2D eigenvalue weighted by molar-refractivity contribution is -0.0460. The summed E-state index contributed by atoms with van der Waals surface area (Å²) < 4.78 is 24.3. The zero-order valence-electron chi connectivity index (χ0n) is 9.92. The predicted molar refractivity (Wildman–Crippen MR) is 63.4 cm³/mol. The minimum Gasteiger partial charge on any atom is -0.387 e. The first-order chi connectivity index (χ1) is 9.40. The fourth-order valence-corrected chi connectivity index (χ4v) is 2.11. The Kier molecular flexibility index (Phi) is 4.63. The number of nitrogens with one attached hydrogen (secondary N) is 1. The third-order valence-electron chi connectivity index (χ3n) is 2.77. The number of rotatable bonds is 4. The zero-order valence-corrected chi connectivity index (χ0v) is 10.8. The first kappa shape index (κ1) is 15.2. The molecule has 0 spiro atoms. The highest BCUT2D eigenvalue weighted by atomic mass is 31.2. The summed E-state index contributed by atoms with van der Waals surface area (Å²) in [4.78, 5) is 41.6. The molecular formula is C9H12FN2O7P. The van der Waals surface area contributed by atoms with Gasteiger partial charge in [-0.2, -0.15) is 0 Å². The van der Waals surface area contributed by atoms with E-state index in [1.807, 2.05) is 4.98 Å². The van der Waals surface area contributed by atoms with E-state index in [0.717, 1.165) is 16.8 Å². The molecule has 2 heterocycles. The van der Waals surface area contributed by atoms with E-state index < -0.39 is 51.1 Å². The van der Waals surface area contributed by atoms with E-state index in [1.54, 1.807) is 0 Å². The third kappa shape index (κ3) is 3.11. The molecule has 1 aromatic rings. The minimum absolute atomic E-state index is 0.450. The monoisotopic (exact) mass is 310 g/mol.